The second-order valence-electron chi connectivity index (χ2n) is 5.31. The summed E-state index contributed by atoms with van der Waals surface area (Å²) in [6.45, 7) is 0.253. The molecule has 1 heterocycles. The predicted molar refractivity (Wildman–Crippen MR) is 87.8 cm³/mol. The molecule has 6 heteroatoms. The first kappa shape index (κ1) is 19.2. The number of aryl methyl sites for hydroxylation is 1. The number of thioether (sulfide) groups is 1. The SMILES string of the molecule is O=C([O-])CSCCc1cc2c(cc1Cc1ccccc1)OCO2.[Na+]. The smallest absolute Gasteiger partial charge is 0.549 e. The van der Waals surface area contributed by atoms with E-state index >= 15 is 0 Å². The van der Waals surface area contributed by atoms with Crippen molar-refractivity contribution < 1.29 is 48.9 Å². The van der Waals surface area contributed by atoms with Crippen molar-refractivity contribution in [3.8, 4) is 11.5 Å². The average Bonchev–Trinajstić information content (AvgIpc) is 2.99. The minimum absolute atomic E-state index is 0. The van der Waals surface area contributed by atoms with Gasteiger partial charge in [-0.15, -0.1) is 0 Å². The number of carbonyl (C=O) groups excluding carboxylic acids is 1. The summed E-state index contributed by atoms with van der Waals surface area (Å²) < 4.78 is 10.9. The van der Waals surface area contributed by atoms with Crippen molar-refractivity contribution in [3.05, 3.63) is 59.2 Å². The standard InChI is InChI=1S/C18H18O4S.Na/c19-18(20)11-23-7-6-14-9-16-17(22-12-21-16)10-15(14)8-13-4-2-1-3-5-13;/h1-5,9-10H,6-8,11-12H2,(H,19,20);/q;+1/p-1. The molecule has 1 aliphatic heterocycles. The number of aliphatic carboxylic acids is 1. The van der Waals surface area contributed by atoms with E-state index in [9.17, 15) is 9.90 Å². The van der Waals surface area contributed by atoms with E-state index in [1.807, 2.05) is 30.3 Å². The molecular weight excluding hydrogens is 335 g/mol. The van der Waals surface area contributed by atoms with Crippen LogP contribution >= 0.6 is 11.8 Å². The number of fused-ring (bicyclic) bond motifs is 1. The quantitative estimate of drug-likeness (QED) is 0.474. The molecule has 0 unspecified atom stereocenters. The maximum absolute atomic E-state index is 10.5. The predicted octanol–water partition coefficient (Wildman–Crippen LogP) is -0.964. The Kier molecular flexibility index (Phi) is 7.49. The van der Waals surface area contributed by atoms with Crippen molar-refractivity contribution in [2.75, 3.05) is 18.3 Å². The number of benzene rings is 2. The first-order valence-electron chi connectivity index (χ1n) is 7.45. The molecule has 0 atom stereocenters. The van der Waals surface area contributed by atoms with Crippen molar-refractivity contribution in [1.29, 1.82) is 0 Å². The number of rotatable bonds is 7. The number of hydrogen-bond donors (Lipinski definition) is 0. The van der Waals surface area contributed by atoms with Crippen LogP contribution in [0.3, 0.4) is 0 Å². The molecular formula is C18H17NaO4S. The minimum Gasteiger partial charge on any atom is -0.549 e. The Morgan fingerprint density at radius 2 is 1.75 bits per heavy atom. The van der Waals surface area contributed by atoms with Crippen molar-refractivity contribution in [2.45, 2.75) is 12.8 Å². The molecule has 3 rings (SSSR count). The van der Waals surface area contributed by atoms with E-state index in [-0.39, 0.29) is 42.1 Å². The van der Waals surface area contributed by atoms with Crippen LogP contribution in [-0.4, -0.2) is 24.3 Å². The third kappa shape index (κ3) is 5.18. The van der Waals surface area contributed by atoms with Gasteiger partial charge in [-0.05, 0) is 47.4 Å². The Morgan fingerprint density at radius 3 is 2.42 bits per heavy atom. The van der Waals surface area contributed by atoms with Crippen molar-refractivity contribution >= 4 is 17.7 Å². The number of carboxylic acids is 1. The van der Waals surface area contributed by atoms with Gasteiger partial charge in [0.05, 0.1) is 5.97 Å². The second-order valence-corrected chi connectivity index (χ2v) is 6.42. The molecule has 0 radical (unpaired) electrons. The fraction of sp³-hybridized carbons (Fsp3) is 0.278. The minimum atomic E-state index is -1.02. The summed E-state index contributed by atoms with van der Waals surface area (Å²) in [6.07, 6.45) is 1.61. The van der Waals surface area contributed by atoms with E-state index in [2.05, 4.69) is 12.1 Å². The van der Waals surface area contributed by atoms with E-state index in [1.165, 1.54) is 28.5 Å². The molecule has 0 bridgehead atoms. The van der Waals surface area contributed by atoms with Gasteiger partial charge < -0.3 is 19.4 Å². The maximum atomic E-state index is 10.5. The van der Waals surface area contributed by atoms with E-state index in [0.29, 0.717) is 0 Å². The van der Waals surface area contributed by atoms with Gasteiger partial charge in [0.15, 0.2) is 11.5 Å². The molecule has 2 aromatic carbocycles. The number of ether oxygens (including phenoxy) is 2. The summed E-state index contributed by atoms with van der Waals surface area (Å²) >= 11 is 1.37. The van der Waals surface area contributed by atoms with E-state index in [4.69, 9.17) is 9.47 Å². The largest absolute Gasteiger partial charge is 1.00 e. The van der Waals surface area contributed by atoms with Gasteiger partial charge in [0.25, 0.3) is 0 Å². The summed E-state index contributed by atoms with van der Waals surface area (Å²) in [4.78, 5) is 10.5. The van der Waals surface area contributed by atoms with Crippen molar-refractivity contribution in [1.82, 2.24) is 0 Å². The van der Waals surface area contributed by atoms with Crippen LogP contribution in [0, 0.1) is 0 Å². The van der Waals surface area contributed by atoms with Crippen molar-refractivity contribution in [2.24, 2.45) is 0 Å². The third-order valence-electron chi connectivity index (χ3n) is 3.67. The molecule has 0 aliphatic carbocycles. The number of carboxylic acid groups (broad SMARTS) is 1. The zero-order valence-corrected chi connectivity index (χ0v) is 16.4. The third-order valence-corrected chi connectivity index (χ3v) is 4.60. The summed E-state index contributed by atoms with van der Waals surface area (Å²) in [5.41, 5.74) is 3.59. The molecule has 0 fully saturated rings. The molecule has 0 aromatic heterocycles. The van der Waals surface area contributed by atoms with E-state index in [1.54, 1.807) is 0 Å². The first-order chi connectivity index (χ1) is 11.2. The Bertz CT molecular complexity index is 691. The summed E-state index contributed by atoms with van der Waals surface area (Å²) in [7, 11) is 0. The zero-order chi connectivity index (χ0) is 16.1. The zero-order valence-electron chi connectivity index (χ0n) is 13.6. The Hall–Kier alpha value is -1.14. The second kappa shape index (κ2) is 9.37. The summed E-state index contributed by atoms with van der Waals surface area (Å²) in [5.74, 6) is 1.28. The van der Waals surface area contributed by atoms with Crippen LogP contribution in [0.1, 0.15) is 16.7 Å². The van der Waals surface area contributed by atoms with Gasteiger partial charge in [0.2, 0.25) is 6.79 Å². The van der Waals surface area contributed by atoms with E-state index < -0.39 is 5.97 Å². The van der Waals surface area contributed by atoms with Gasteiger partial charge in [-0.2, -0.15) is 11.8 Å². The summed E-state index contributed by atoms with van der Waals surface area (Å²) in [5, 5.41) is 10.5. The molecule has 1 aliphatic rings. The Balaban J connectivity index is 0.00000208. The van der Waals surface area contributed by atoms with Gasteiger partial charge >= 0.3 is 29.6 Å². The molecule has 4 nitrogen and oxygen atoms in total. The maximum Gasteiger partial charge on any atom is 1.00 e. The van der Waals surface area contributed by atoms with E-state index in [0.717, 1.165) is 30.1 Å². The molecule has 0 spiro atoms. The molecule has 24 heavy (non-hydrogen) atoms. The first-order valence-corrected chi connectivity index (χ1v) is 8.61. The molecule has 120 valence electrons. The monoisotopic (exact) mass is 352 g/mol. The van der Waals surface area contributed by atoms with Crippen LogP contribution in [0.4, 0.5) is 0 Å². The number of hydrogen-bond acceptors (Lipinski definition) is 5. The van der Waals surface area contributed by atoms with Crippen LogP contribution in [0.5, 0.6) is 11.5 Å². The van der Waals surface area contributed by atoms with Crippen LogP contribution < -0.4 is 44.1 Å². The Labute approximate surface area is 167 Å². The van der Waals surface area contributed by atoms with Gasteiger partial charge in [0.1, 0.15) is 0 Å². The fourth-order valence-corrected chi connectivity index (χ4v) is 3.25. The molecule has 2 aromatic rings. The number of carbonyl (C=O) groups is 1. The van der Waals surface area contributed by atoms with Gasteiger partial charge in [-0.1, -0.05) is 30.3 Å². The fourth-order valence-electron chi connectivity index (χ4n) is 2.58. The van der Waals surface area contributed by atoms with Crippen LogP contribution in [-0.2, 0) is 17.6 Å². The normalized spacial score (nSPS) is 11.8. The summed E-state index contributed by atoms with van der Waals surface area (Å²) in [6, 6.07) is 14.3. The molecule has 0 amide bonds. The van der Waals surface area contributed by atoms with Crippen LogP contribution in [0.25, 0.3) is 0 Å². The van der Waals surface area contributed by atoms with Crippen LogP contribution in [0.15, 0.2) is 42.5 Å². The van der Waals surface area contributed by atoms with Crippen LogP contribution in [0.2, 0.25) is 0 Å². The molecule has 0 saturated carbocycles. The van der Waals surface area contributed by atoms with Gasteiger partial charge in [-0.25, -0.2) is 0 Å². The van der Waals surface area contributed by atoms with Gasteiger partial charge in [0, 0.05) is 5.75 Å². The molecule has 0 N–H and O–H groups in total. The molecule has 0 saturated heterocycles. The van der Waals surface area contributed by atoms with Crippen molar-refractivity contribution in [3.63, 3.8) is 0 Å². The van der Waals surface area contributed by atoms with Gasteiger partial charge in [-0.3, -0.25) is 0 Å². The topological polar surface area (TPSA) is 58.6 Å². The average molecular weight is 352 g/mol. The Morgan fingerprint density at radius 1 is 1.08 bits per heavy atom.